The number of likely N-dealkylation sites (tertiary alicyclic amines) is 1. The van der Waals surface area contributed by atoms with E-state index in [-0.39, 0.29) is 0 Å². The van der Waals surface area contributed by atoms with Crippen LogP contribution in [0.2, 0.25) is 0 Å². The van der Waals surface area contributed by atoms with Crippen LogP contribution in [0.25, 0.3) is 0 Å². The minimum absolute atomic E-state index is 0.857. The number of rotatable bonds is 7. The molecule has 0 aromatic carbocycles. The molecule has 0 radical (unpaired) electrons. The number of unbranched alkanes of at least 4 members (excludes halogenated alkanes) is 2. The number of hydrogen-bond acceptors (Lipinski definition) is 2. The Morgan fingerprint density at radius 2 is 2.14 bits per heavy atom. The minimum atomic E-state index is 0.857. The number of hydrogen-bond donors (Lipinski definition) is 1. The lowest BCUT2D eigenvalue weighted by atomic mass is 10.1. The summed E-state index contributed by atoms with van der Waals surface area (Å²) in [5.41, 5.74) is 5.56. The van der Waals surface area contributed by atoms with E-state index >= 15 is 0 Å². The van der Waals surface area contributed by atoms with Crippen molar-refractivity contribution in [2.75, 3.05) is 19.6 Å². The van der Waals surface area contributed by atoms with Crippen molar-refractivity contribution in [2.45, 2.75) is 57.9 Å². The summed E-state index contributed by atoms with van der Waals surface area (Å²) in [6.45, 7) is 5.79. The molecular weight excluding hydrogens is 172 g/mol. The average molecular weight is 198 g/mol. The van der Waals surface area contributed by atoms with Crippen molar-refractivity contribution in [3.05, 3.63) is 0 Å². The van der Waals surface area contributed by atoms with Crippen molar-refractivity contribution in [1.29, 1.82) is 0 Å². The maximum absolute atomic E-state index is 5.56. The quantitative estimate of drug-likeness (QED) is 0.636. The van der Waals surface area contributed by atoms with Crippen LogP contribution in [0.5, 0.6) is 0 Å². The van der Waals surface area contributed by atoms with E-state index in [9.17, 15) is 0 Å². The summed E-state index contributed by atoms with van der Waals surface area (Å²) >= 11 is 0. The number of nitrogens with two attached hydrogens (primary N) is 1. The fourth-order valence-electron chi connectivity index (χ4n) is 2.43. The second-order valence-electron chi connectivity index (χ2n) is 4.47. The van der Waals surface area contributed by atoms with E-state index < -0.39 is 0 Å². The molecule has 84 valence electrons. The van der Waals surface area contributed by atoms with Gasteiger partial charge in [-0.3, -0.25) is 0 Å². The molecule has 2 nitrogen and oxygen atoms in total. The molecule has 1 unspecified atom stereocenters. The molecule has 0 saturated carbocycles. The SMILES string of the molecule is CCCCCN1CCCC1CCCN. The van der Waals surface area contributed by atoms with Gasteiger partial charge >= 0.3 is 0 Å². The summed E-state index contributed by atoms with van der Waals surface area (Å²) < 4.78 is 0. The first-order chi connectivity index (χ1) is 6.88. The third kappa shape index (κ3) is 3.97. The molecule has 1 rings (SSSR count). The third-order valence-corrected chi connectivity index (χ3v) is 3.29. The van der Waals surface area contributed by atoms with Gasteiger partial charge in [-0.2, -0.15) is 0 Å². The van der Waals surface area contributed by atoms with E-state index in [1.807, 2.05) is 0 Å². The van der Waals surface area contributed by atoms with E-state index in [2.05, 4.69) is 11.8 Å². The lowest BCUT2D eigenvalue weighted by Crippen LogP contribution is -2.30. The molecule has 0 bridgehead atoms. The van der Waals surface area contributed by atoms with E-state index in [1.165, 1.54) is 58.0 Å². The second kappa shape index (κ2) is 7.24. The van der Waals surface area contributed by atoms with Crippen molar-refractivity contribution >= 4 is 0 Å². The van der Waals surface area contributed by atoms with Crippen molar-refractivity contribution in [2.24, 2.45) is 5.73 Å². The highest BCUT2D eigenvalue weighted by atomic mass is 15.2. The first kappa shape index (κ1) is 12.0. The molecule has 2 N–H and O–H groups in total. The summed E-state index contributed by atoms with van der Waals surface area (Å²) in [6, 6.07) is 0.857. The average Bonchev–Trinajstić information content (AvgIpc) is 2.63. The summed E-state index contributed by atoms with van der Waals surface area (Å²) in [7, 11) is 0. The molecule has 0 amide bonds. The Morgan fingerprint density at radius 3 is 2.86 bits per heavy atom. The van der Waals surface area contributed by atoms with Crippen LogP contribution >= 0.6 is 0 Å². The van der Waals surface area contributed by atoms with Gasteiger partial charge in [-0.05, 0) is 51.7 Å². The van der Waals surface area contributed by atoms with Gasteiger partial charge in [-0.25, -0.2) is 0 Å². The van der Waals surface area contributed by atoms with Gasteiger partial charge in [0.25, 0.3) is 0 Å². The zero-order chi connectivity index (χ0) is 10.2. The van der Waals surface area contributed by atoms with Gasteiger partial charge in [0, 0.05) is 6.04 Å². The maximum atomic E-state index is 5.56. The first-order valence-electron chi connectivity index (χ1n) is 6.32. The maximum Gasteiger partial charge on any atom is 0.00962 e. The molecule has 1 heterocycles. The monoisotopic (exact) mass is 198 g/mol. The highest BCUT2D eigenvalue weighted by Gasteiger charge is 2.22. The molecule has 1 aliphatic heterocycles. The highest BCUT2D eigenvalue weighted by Crippen LogP contribution is 2.21. The first-order valence-corrected chi connectivity index (χ1v) is 6.32. The molecule has 0 aromatic rings. The standard InChI is InChI=1S/C12H26N2/c1-2-3-4-10-14-11-6-8-12(14)7-5-9-13/h12H,2-11,13H2,1H3. The summed E-state index contributed by atoms with van der Waals surface area (Å²) in [4.78, 5) is 2.69. The van der Waals surface area contributed by atoms with Crippen molar-refractivity contribution in [3.8, 4) is 0 Å². The van der Waals surface area contributed by atoms with Gasteiger partial charge in [0.15, 0.2) is 0 Å². The van der Waals surface area contributed by atoms with Gasteiger partial charge in [-0.1, -0.05) is 19.8 Å². The Morgan fingerprint density at radius 1 is 1.29 bits per heavy atom. The van der Waals surface area contributed by atoms with Crippen LogP contribution in [-0.2, 0) is 0 Å². The van der Waals surface area contributed by atoms with Crippen LogP contribution in [0.15, 0.2) is 0 Å². The molecular formula is C12H26N2. The summed E-state index contributed by atoms with van der Waals surface area (Å²) in [5.74, 6) is 0. The molecule has 1 saturated heterocycles. The van der Waals surface area contributed by atoms with Crippen LogP contribution in [0.3, 0.4) is 0 Å². The molecule has 14 heavy (non-hydrogen) atoms. The Kier molecular flexibility index (Phi) is 6.20. The van der Waals surface area contributed by atoms with Crippen molar-refractivity contribution in [3.63, 3.8) is 0 Å². The predicted molar refractivity (Wildman–Crippen MR) is 62.4 cm³/mol. The molecule has 1 aliphatic rings. The zero-order valence-corrected chi connectivity index (χ0v) is 9.67. The van der Waals surface area contributed by atoms with Gasteiger partial charge in [0.1, 0.15) is 0 Å². The molecule has 1 atom stereocenters. The van der Waals surface area contributed by atoms with Crippen LogP contribution in [0, 0.1) is 0 Å². The van der Waals surface area contributed by atoms with Gasteiger partial charge in [0.05, 0.1) is 0 Å². The van der Waals surface area contributed by atoms with Gasteiger partial charge < -0.3 is 10.6 Å². The Bertz CT molecular complexity index is 136. The van der Waals surface area contributed by atoms with Crippen LogP contribution in [0.4, 0.5) is 0 Å². The fraction of sp³-hybridized carbons (Fsp3) is 1.00. The predicted octanol–water partition coefficient (Wildman–Crippen LogP) is 2.38. The summed E-state index contributed by atoms with van der Waals surface area (Å²) in [5, 5.41) is 0. The van der Waals surface area contributed by atoms with Crippen LogP contribution in [-0.4, -0.2) is 30.6 Å². The molecule has 1 fully saturated rings. The second-order valence-corrected chi connectivity index (χ2v) is 4.47. The molecule has 0 aromatic heterocycles. The smallest absolute Gasteiger partial charge is 0.00962 e. The van der Waals surface area contributed by atoms with Crippen molar-refractivity contribution in [1.82, 2.24) is 4.90 Å². The molecule has 0 spiro atoms. The molecule has 0 aliphatic carbocycles. The Balaban J connectivity index is 2.14. The fourth-order valence-corrected chi connectivity index (χ4v) is 2.43. The lowest BCUT2D eigenvalue weighted by molar-refractivity contribution is 0.236. The van der Waals surface area contributed by atoms with Crippen LogP contribution in [0.1, 0.15) is 51.9 Å². The zero-order valence-electron chi connectivity index (χ0n) is 9.67. The third-order valence-electron chi connectivity index (χ3n) is 3.29. The van der Waals surface area contributed by atoms with E-state index in [4.69, 9.17) is 5.73 Å². The normalized spacial score (nSPS) is 23.1. The van der Waals surface area contributed by atoms with Crippen LogP contribution < -0.4 is 5.73 Å². The lowest BCUT2D eigenvalue weighted by Gasteiger charge is -2.24. The Hall–Kier alpha value is -0.0800. The highest BCUT2D eigenvalue weighted by molar-refractivity contribution is 4.78. The largest absolute Gasteiger partial charge is 0.330 e. The summed E-state index contributed by atoms with van der Waals surface area (Å²) in [6.07, 6.45) is 9.45. The number of nitrogens with zero attached hydrogens (tertiary/aromatic N) is 1. The minimum Gasteiger partial charge on any atom is -0.330 e. The van der Waals surface area contributed by atoms with E-state index in [0.29, 0.717) is 0 Å². The van der Waals surface area contributed by atoms with Crippen molar-refractivity contribution < 1.29 is 0 Å². The van der Waals surface area contributed by atoms with E-state index in [0.717, 1.165) is 12.6 Å². The van der Waals surface area contributed by atoms with Gasteiger partial charge in [0.2, 0.25) is 0 Å². The van der Waals surface area contributed by atoms with E-state index in [1.54, 1.807) is 0 Å². The van der Waals surface area contributed by atoms with Gasteiger partial charge in [-0.15, -0.1) is 0 Å². The molecule has 2 heteroatoms. The topological polar surface area (TPSA) is 29.3 Å². The Labute approximate surface area is 88.8 Å².